The molecule has 0 aliphatic rings. The molecule has 86 valence electrons. The Kier molecular flexibility index (Phi) is 5.27. The topological polar surface area (TPSA) is 18.5 Å². The molecule has 0 aliphatic heterocycles. The fourth-order valence-electron chi connectivity index (χ4n) is 1.37. The number of rotatable bonds is 4. The van der Waals surface area contributed by atoms with Gasteiger partial charge >= 0.3 is 8.56 Å². The molecule has 1 aromatic carbocycles. The molecule has 0 amide bonds. The van der Waals surface area contributed by atoms with E-state index >= 15 is 0 Å². The molecule has 0 aromatic heterocycles. The molecule has 0 spiro atoms. The molecule has 1 aromatic rings. The first-order valence-electron chi connectivity index (χ1n) is 5.56. The van der Waals surface area contributed by atoms with E-state index in [1.165, 1.54) is 0 Å². The molecule has 0 N–H and O–H groups in total. The molecule has 0 fully saturated rings. The van der Waals surface area contributed by atoms with Crippen LogP contribution in [0, 0.1) is 11.5 Å². The summed E-state index contributed by atoms with van der Waals surface area (Å²) in [6.45, 7) is 7.21. The second-order valence-corrected chi connectivity index (χ2v) is 6.15. The van der Waals surface area contributed by atoms with Gasteiger partial charge in [-0.1, -0.05) is 29.7 Å². The summed E-state index contributed by atoms with van der Waals surface area (Å²) in [5.74, 6) is 3.12. The van der Waals surface area contributed by atoms with E-state index in [4.69, 9.17) is 8.85 Å². The molecule has 2 nitrogen and oxygen atoms in total. The van der Waals surface area contributed by atoms with Crippen LogP contribution < -0.4 is 0 Å². The summed E-state index contributed by atoms with van der Waals surface area (Å²) in [6, 6.07) is 9.90. The van der Waals surface area contributed by atoms with Gasteiger partial charge in [-0.05, 0) is 32.5 Å². The monoisotopic (exact) mass is 234 g/mol. The van der Waals surface area contributed by atoms with Crippen molar-refractivity contribution in [1.82, 2.24) is 0 Å². The lowest BCUT2D eigenvalue weighted by atomic mass is 10.2. The Hall–Kier alpha value is -1.08. The molecule has 0 heterocycles. The van der Waals surface area contributed by atoms with Gasteiger partial charge in [-0.2, -0.15) is 0 Å². The average molecular weight is 234 g/mol. The van der Waals surface area contributed by atoms with E-state index in [1.807, 2.05) is 50.7 Å². The van der Waals surface area contributed by atoms with Crippen molar-refractivity contribution in [3.05, 3.63) is 35.9 Å². The molecule has 0 atom stereocenters. The van der Waals surface area contributed by atoms with Crippen molar-refractivity contribution in [3.8, 4) is 11.5 Å². The Morgan fingerprint density at radius 2 is 1.62 bits per heavy atom. The lowest BCUT2D eigenvalue weighted by Gasteiger charge is -2.19. The molecule has 0 aliphatic carbocycles. The third kappa shape index (κ3) is 4.19. The van der Waals surface area contributed by atoms with E-state index in [2.05, 4.69) is 11.5 Å². The third-order valence-electron chi connectivity index (χ3n) is 2.05. The van der Waals surface area contributed by atoms with Crippen molar-refractivity contribution < 1.29 is 8.85 Å². The summed E-state index contributed by atoms with van der Waals surface area (Å²) in [5, 5.41) is 0. The van der Waals surface area contributed by atoms with Crippen LogP contribution >= 0.6 is 0 Å². The van der Waals surface area contributed by atoms with Gasteiger partial charge in [-0.15, -0.1) is 0 Å². The highest BCUT2D eigenvalue weighted by atomic mass is 28.4. The van der Waals surface area contributed by atoms with Gasteiger partial charge in [0.15, 0.2) is 0 Å². The van der Waals surface area contributed by atoms with Gasteiger partial charge < -0.3 is 8.85 Å². The normalized spacial score (nSPS) is 10.7. The summed E-state index contributed by atoms with van der Waals surface area (Å²) >= 11 is 0. The number of hydrogen-bond acceptors (Lipinski definition) is 2. The smallest absolute Gasteiger partial charge is 0.386 e. The second kappa shape index (κ2) is 6.49. The highest BCUT2D eigenvalue weighted by Gasteiger charge is 2.28. The maximum absolute atomic E-state index is 5.63. The van der Waals surface area contributed by atoms with Crippen molar-refractivity contribution in [2.24, 2.45) is 0 Å². The van der Waals surface area contributed by atoms with Gasteiger partial charge in [0.1, 0.15) is 0 Å². The molecule has 0 saturated heterocycles. The maximum Gasteiger partial charge on any atom is 0.420 e. The molecule has 0 bridgehead atoms. The van der Waals surface area contributed by atoms with Gasteiger partial charge in [0.2, 0.25) is 0 Å². The van der Waals surface area contributed by atoms with Crippen LogP contribution in [0.15, 0.2) is 30.3 Å². The largest absolute Gasteiger partial charge is 0.420 e. The minimum atomic E-state index is -2.29. The van der Waals surface area contributed by atoms with Crippen LogP contribution in [0.4, 0.5) is 0 Å². The predicted octanol–water partition coefficient (Wildman–Crippen LogP) is 2.72. The Morgan fingerprint density at radius 1 is 1.06 bits per heavy atom. The summed E-state index contributed by atoms with van der Waals surface area (Å²) in [6.07, 6.45) is 0. The fourth-order valence-corrected chi connectivity index (χ4v) is 3.07. The van der Waals surface area contributed by atoms with Crippen molar-refractivity contribution in [2.75, 3.05) is 13.2 Å². The summed E-state index contributed by atoms with van der Waals surface area (Å²) in [7, 11) is -2.29. The zero-order valence-electron chi connectivity index (χ0n) is 10.1. The van der Waals surface area contributed by atoms with E-state index in [0.29, 0.717) is 13.2 Å². The fraction of sp³-hybridized carbons (Fsp3) is 0.385. The minimum absolute atomic E-state index is 0.645. The summed E-state index contributed by atoms with van der Waals surface area (Å²) in [4.78, 5) is 0. The van der Waals surface area contributed by atoms with Crippen molar-refractivity contribution >= 4 is 8.56 Å². The van der Waals surface area contributed by atoms with E-state index in [-0.39, 0.29) is 0 Å². The lowest BCUT2D eigenvalue weighted by Crippen LogP contribution is -2.37. The summed E-state index contributed by atoms with van der Waals surface area (Å²) in [5.41, 5.74) is 4.16. The molecule has 0 unspecified atom stereocenters. The van der Waals surface area contributed by atoms with Crippen LogP contribution in [0.5, 0.6) is 0 Å². The van der Waals surface area contributed by atoms with Gasteiger partial charge in [-0.25, -0.2) is 0 Å². The maximum atomic E-state index is 5.63. The highest BCUT2D eigenvalue weighted by Crippen LogP contribution is 2.06. The van der Waals surface area contributed by atoms with E-state index < -0.39 is 8.56 Å². The first-order chi connectivity index (χ1) is 7.70. The SMILES string of the molecule is CCO[Si](C)(C#Cc1ccccc1)OCC. The van der Waals surface area contributed by atoms with Crippen molar-refractivity contribution in [2.45, 2.75) is 20.4 Å². The Labute approximate surface area is 98.8 Å². The Balaban J connectivity index is 2.79. The first kappa shape index (κ1) is 13.0. The summed E-state index contributed by atoms with van der Waals surface area (Å²) < 4.78 is 11.3. The number of hydrogen-bond donors (Lipinski definition) is 0. The van der Waals surface area contributed by atoms with E-state index in [1.54, 1.807) is 0 Å². The van der Waals surface area contributed by atoms with Crippen LogP contribution in [-0.4, -0.2) is 21.8 Å². The number of benzene rings is 1. The van der Waals surface area contributed by atoms with Crippen LogP contribution in [0.3, 0.4) is 0 Å². The quantitative estimate of drug-likeness (QED) is 0.589. The molecule has 1 rings (SSSR count). The third-order valence-corrected chi connectivity index (χ3v) is 4.31. The van der Waals surface area contributed by atoms with Gasteiger partial charge in [-0.3, -0.25) is 0 Å². The zero-order chi connectivity index (χ0) is 11.9. The van der Waals surface area contributed by atoms with E-state index in [0.717, 1.165) is 5.56 Å². The van der Waals surface area contributed by atoms with Crippen LogP contribution in [0.2, 0.25) is 6.55 Å². The molecule has 16 heavy (non-hydrogen) atoms. The minimum Gasteiger partial charge on any atom is -0.386 e. The highest BCUT2D eigenvalue weighted by molar-refractivity contribution is 6.74. The predicted molar refractivity (Wildman–Crippen MR) is 68.2 cm³/mol. The van der Waals surface area contributed by atoms with Crippen molar-refractivity contribution in [1.29, 1.82) is 0 Å². The van der Waals surface area contributed by atoms with Gasteiger partial charge in [0.05, 0.1) is 0 Å². The molecule has 0 saturated carbocycles. The average Bonchev–Trinajstić information content (AvgIpc) is 2.29. The molecule has 0 radical (unpaired) electrons. The Bertz CT molecular complexity index is 359. The van der Waals surface area contributed by atoms with Crippen LogP contribution in [-0.2, 0) is 8.85 Å². The molecular weight excluding hydrogens is 216 g/mol. The van der Waals surface area contributed by atoms with Gasteiger partial charge in [0.25, 0.3) is 0 Å². The standard InChI is InChI=1S/C13H18O2Si/c1-4-14-16(3,15-5-2)12-11-13-9-7-6-8-10-13/h6-10H,4-5H2,1-3H3. The van der Waals surface area contributed by atoms with Crippen LogP contribution in [0.25, 0.3) is 0 Å². The second-order valence-electron chi connectivity index (χ2n) is 3.43. The van der Waals surface area contributed by atoms with Crippen LogP contribution in [0.1, 0.15) is 19.4 Å². The van der Waals surface area contributed by atoms with Gasteiger partial charge in [0, 0.05) is 18.8 Å². The molecular formula is C13H18O2Si. The zero-order valence-corrected chi connectivity index (χ0v) is 11.1. The van der Waals surface area contributed by atoms with E-state index in [9.17, 15) is 0 Å². The molecule has 3 heteroatoms. The first-order valence-corrected chi connectivity index (χ1v) is 7.88. The lowest BCUT2D eigenvalue weighted by molar-refractivity contribution is 0.203. The van der Waals surface area contributed by atoms with Crippen molar-refractivity contribution in [3.63, 3.8) is 0 Å². The Morgan fingerprint density at radius 3 is 2.12 bits per heavy atom.